The van der Waals surface area contributed by atoms with Gasteiger partial charge in [0.25, 0.3) is 10.0 Å². The number of carbonyl (C=O) groups is 1. The molecular formula is C23H20F4N2O4S. The van der Waals surface area contributed by atoms with Crippen LogP contribution in [0.3, 0.4) is 0 Å². The van der Waals surface area contributed by atoms with E-state index in [-0.39, 0.29) is 22.0 Å². The molecule has 0 radical (unpaired) electrons. The first kappa shape index (κ1) is 25.0. The molecule has 0 aromatic heterocycles. The second-order valence-corrected chi connectivity index (χ2v) is 9.10. The third-order valence-electron chi connectivity index (χ3n) is 4.76. The van der Waals surface area contributed by atoms with Gasteiger partial charge in [-0.3, -0.25) is 9.10 Å². The molecule has 0 unspecified atom stereocenters. The molecular weight excluding hydrogens is 476 g/mol. The van der Waals surface area contributed by atoms with Crippen molar-refractivity contribution in [2.45, 2.75) is 18.0 Å². The highest BCUT2D eigenvalue weighted by atomic mass is 32.2. The lowest BCUT2D eigenvalue weighted by atomic mass is 10.2. The van der Waals surface area contributed by atoms with Gasteiger partial charge in [-0.25, -0.2) is 12.8 Å². The minimum absolute atomic E-state index is 0.0403. The number of hydrogen-bond donors (Lipinski definition) is 1. The van der Waals surface area contributed by atoms with Gasteiger partial charge in [0.2, 0.25) is 5.91 Å². The molecule has 0 spiro atoms. The summed E-state index contributed by atoms with van der Waals surface area (Å²) in [5.41, 5.74) is -0.715. The number of aryl methyl sites for hydroxylation is 1. The number of alkyl halides is 3. The molecule has 1 amide bonds. The van der Waals surface area contributed by atoms with E-state index in [1.54, 1.807) is 13.0 Å². The molecule has 0 atom stereocenters. The summed E-state index contributed by atoms with van der Waals surface area (Å²) in [5.74, 6) is -1.43. The van der Waals surface area contributed by atoms with E-state index in [0.29, 0.717) is 15.9 Å². The van der Waals surface area contributed by atoms with Gasteiger partial charge in [0.05, 0.1) is 18.4 Å². The van der Waals surface area contributed by atoms with Crippen LogP contribution in [-0.4, -0.2) is 28.0 Å². The Hall–Kier alpha value is -3.60. The van der Waals surface area contributed by atoms with Gasteiger partial charge in [0, 0.05) is 5.69 Å². The standard InChI is InChI=1S/C23H20F4N2O4S/c1-15-6-11-20(33-2)21(12-15)34(31,32)29(19-5-3-4-16(13-19)23(25,26)27)14-22(30)28-18-9-7-17(24)8-10-18/h3-13H,14H2,1-2H3,(H,28,30). The van der Waals surface area contributed by atoms with Crippen LogP contribution in [0.1, 0.15) is 11.1 Å². The topological polar surface area (TPSA) is 75.7 Å². The Morgan fingerprint density at radius 2 is 1.71 bits per heavy atom. The highest BCUT2D eigenvalue weighted by Crippen LogP contribution is 2.35. The molecule has 0 saturated carbocycles. The van der Waals surface area contributed by atoms with Crippen molar-refractivity contribution in [2.24, 2.45) is 0 Å². The normalized spacial score (nSPS) is 11.7. The first-order valence-corrected chi connectivity index (χ1v) is 11.3. The molecule has 0 saturated heterocycles. The minimum Gasteiger partial charge on any atom is -0.495 e. The van der Waals surface area contributed by atoms with Gasteiger partial charge in [-0.2, -0.15) is 13.2 Å². The van der Waals surface area contributed by atoms with Crippen molar-refractivity contribution in [3.63, 3.8) is 0 Å². The number of benzene rings is 3. The third kappa shape index (κ3) is 5.66. The summed E-state index contributed by atoms with van der Waals surface area (Å²) in [6.45, 7) is 0.784. The number of hydrogen-bond acceptors (Lipinski definition) is 4. The maximum Gasteiger partial charge on any atom is 0.416 e. The zero-order chi connectivity index (χ0) is 25.1. The van der Waals surface area contributed by atoms with Crippen LogP contribution in [0, 0.1) is 12.7 Å². The number of methoxy groups -OCH3 is 1. The predicted octanol–water partition coefficient (Wildman–Crippen LogP) is 5.00. The molecule has 0 fully saturated rings. The Morgan fingerprint density at radius 3 is 2.32 bits per heavy atom. The Balaban J connectivity index is 2.08. The van der Waals surface area contributed by atoms with Crippen LogP contribution in [-0.2, 0) is 21.0 Å². The summed E-state index contributed by atoms with van der Waals surface area (Å²) in [4.78, 5) is 12.4. The van der Waals surface area contributed by atoms with Gasteiger partial charge < -0.3 is 10.1 Å². The molecule has 0 aliphatic heterocycles. The van der Waals surface area contributed by atoms with Crippen molar-refractivity contribution in [2.75, 3.05) is 23.3 Å². The molecule has 6 nitrogen and oxygen atoms in total. The summed E-state index contributed by atoms with van der Waals surface area (Å²) >= 11 is 0. The molecule has 0 aliphatic carbocycles. The Kier molecular flexibility index (Phi) is 7.15. The maximum atomic E-state index is 13.6. The maximum absolute atomic E-state index is 13.6. The molecule has 0 aliphatic rings. The van der Waals surface area contributed by atoms with Crippen molar-refractivity contribution in [1.29, 1.82) is 0 Å². The zero-order valence-corrected chi connectivity index (χ0v) is 18.9. The molecule has 1 N–H and O–H groups in total. The smallest absolute Gasteiger partial charge is 0.416 e. The van der Waals surface area contributed by atoms with Gasteiger partial charge in [-0.05, 0) is 67.1 Å². The monoisotopic (exact) mass is 496 g/mol. The predicted molar refractivity (Wildman–Crippen MR) is 119 cm³/mol. The van der Waals surface area contributed by atoms with Gasteiger partial charge >= 0.3 is 6.18 Å². The average molecular weight is 496 g/mol. The van der Waals surface area contributed by atoms with Crippen molar-refractivity contribution >= 4 is 27.3 Å². The summed E-state index contributed by atoms with van der Waals surface area (Å²) in [7, 11) is -3.31. The zero-order valence-electron chi connectivity index (χ0n) is 18.1. The van der Waals surface area contributed by atoms with E-state index in [4.69, 9.17) is 4.74 Å². The molecule has 0 bridgehead atoms. The molecule has 11 heteroatoms. The van der Waals surface area contributed by atoms with Crippen molar-refractivity contribution in [1.82, 2.24) is 0 Å². The first-order chi connectivity index (χ1) is 15.9. The van der Waals surface area contributed by atoms with Crippen molar-refractivity contribution < 1.29 is 35.5 Å². The van der Waals surface area contributed by atoms with E-state index in [9.17, 15) is 30.8 Å². The molecule has 3 rings (SSSR count). The number of rotatable bonds is 7. The summed E-state index contributed by atoms with van der Waals surface area (Å²) in [5, 5.41) is 2.41. The lowest BCUT2D eigenvalue weighted by Crippen LogP contribution is -2.38. The van der Waals surface area contributed by atoms with Crippen LogP contribution in [0.25, 0.3) is 0 Å². The summed E-state index contributed by atoms with van der Waals surface area (Å²) in [6, 6.07) is 12.7. The number of halogens is 4. The first-order valence-electron chi connectivity index (χ1n) is 9.82. The lowest BCUT2D eigenvalue weighted by molar-refractivity contribution is -0.137. The van der Waals surface area contributed by atoms with E-state index >= 15 is 0 Å². The van der Waals surface area contributed by atoms with Crippen LogP contribution in [0.15, 0.2) is 71.6 Å². The fourth-order valence-electron chi connectivity index (χ4n) is 3.12. The van der Waals surface area contributed by atoms with E-state index in [0.717, 1.165) is 30.3 Å². The van der Waals surface area contributed by atoms with Crippen LogP contribution in [0.5, 0.6) is 5.75 Å². The number of anilines is 2. The quantitative estimate of drug-likeness (QED) is 0.468. The van der Waals surface area contributed by atoms with Crippen LogP contribution in [0.4, 0.5) is 28.9 Å². The van der Waals surface area contributed by atoms with E-state index in [2.05, 4.69) is 5.32 Å². The van der Waals surface area contributed by atoms with E-state index in [1.807, 2.05) is 0 Å². The third-order valence-corrected chi connectivity index (χ3v) is 6.56. The lowest BCUT2D eigenvalue weighted by Gasteiger charge is -2.26. The van der Waals surface area contributed by atoms with Gasteiger partial charge in [-0.1, -0.05) is 12.1 Å². The van der Waals surface area contributed by atoms with Crippen molar-refractivity contribution in [3.05, 3.63) is 83.7 Å². The highest BCUT2D eigenvalue weighted by Gasteiger charge is 2.34. The number of carbonyl (C=O) groups excluding carboxylic acids is 1. The summed E-state index contributed by atoms with van der Waals surface area (Å²) < 4.78 is 86.0. The average Bonchev–Trinajstić information content (AvgIpc) is 2.78. The number of amides is 1. The van der Waals surface area contributed by atoms with E-state index < -0.39 is 40.0 Å². The second kappa shape index (κ2) is 9.72. The summed E-state index contributed by atoms with van der Waals surface area (Å²) in [6.07, 6.45) is -4.73. The van der Waals surface area contributed by atoms with Crippen molar-refractivity contribution in [3.8, 4) is 5.75 Å². The number of nitrogens with one attached hydrogen (secondary N) is 1. The number of nitrogens with zero attached hydrogens (tertiary/aromatic N) is 1. The number of ether oxygens (including phenoxy) is 1. The van der Waals surface area contributed by atoms with E-state index in [1.165, 1.54) is 31.4 Å². The van der Waals surface area contributed by atoms with Gasteiger partial charge in [0.1, 0.15) is 23.0 Å². The fourth-order valence-corrected chi connectivity index (χ4v) is 4.78. The second-order valence-electron chi connectivity index (χ2n) is 7.27. The number of sulfonamides is 1. The largest absolute Gasteiger partial charge is 0.495 e. The van der Waals surface area contributed by atoms with Crippen LogP contribution >= 0.6 is 0 Å². The Bertz CT molecular complexity index is 1290. The molecule has 0 heterocycles. The molecule has 180 valence electrons. The SMILES string of the molecule is COc1ccc(C)cc1S(=O)(=O)N(CC(=O)Nc1ccc(F)cc1)c1cccc(C(F)(F)F)c1. The van der Waals surface area contributed by atoms with Crippen LogP contribution in [0.2, 0.25) is 0 Å². The molecule has 3 aromatic carbocycles. The highest BCUT2D eigenvalue weighted by molar-refractivity contribution is 7.93. The minimum atomic E-state index is -4.73. The fraction of sp³-hybridized carbons (Fsp3) is 0.174. The molecule has 34 heavy (non-hydrogen) atoms. The van der Waals surface area contributed by atoms with Gasteiger partial charge in [-0.15, -0.1) is 0 Å². The Labute approximate surface area is 193 Å². The Morgan fingerprint density at radius 1 is 1.03 bits per heavy atom. The van der Waals surface area contributed by atoms with Gasteiger partial charge in [0.15, 0.2) is 0 Å². The molecule has 3 aromatic rings. The van der Waals surface area contributed by atoms with Crippen LogP contribution < -0.4 is 14.4 Å².